The maximum Gasteiger partial charge on any atom is 0.408 e. The monoisotopic (exact) mass is 317 g/mol. The molecule has 23 heavy (non-hydrogen) atoms. The van der Waals surface area contributed by atoms with Crippen molar-refractivity contribution in [2.24, 2.45) is 17.8 Å². The van der Waals surface area contributed by atoms with Gasteiger partial charge in [0.15, 0.2) is 0 Å². The number of carboxylic acids is 1. The number of carboxylic acid groups (broad SMARTS) is 1. The molecule has 5 nitrogen and oxygen atoms in total. The second-order valence-electron chi connectivity index (χ2n) is 6.67. The molecule has 3 atom stereocenters. The maximum absolute atomic E-state index is 11.8. The summed E-state index contributed by atoms with van der Waals surface area (Å²) in [6.45, 7) is 0.144. The van der Waals surface area contributed by atoms with Crippen molar-refractivity contribution in [3.05, 3.63) is 35.9 Å². The zero-order valence-corrected chi connectivity index (χ0v) is 13.1. The van der Waals surface area contributed by atoms with Crippen molar-refractivity contribution < 1.29 is 19.4 Å². The van der Waals surface area contributed by atoms with E-state index in [0.29, 0.717) is 12.3 Å². The summed E-state index contributed by atoms with van der Waals surface area (Å²) in [6.07, 6.45) is 4.59. The topological polar surface area (TPSA) is 75.6 Å². The van der Waals surface area contributed by atoms with Gasteiger partial charge in [0, 0.05) is 0 Å². The predicted octanol–water partition coefficient (Wildman–Crippen LogP) is 3.19. The molecule has 0 aromatic heterocycles. The van der Waals surface area contributed by atoms with Gasteiger partial charge >= 0.3 is 12.1 Å². The Kier molecular flexibility index (Phi) is 4.84. The number of carbonyl (C=O) groups excluding carboxylic acids is 1. The number of nitrogens with one attached hydrogen (secondary N) is 1. The summed E-state index contributed by atoms with van der Waals surface area (Å²) < 4.78 is 5.09. The lowest BCUT2D eigenvalue weighted by Crippen LogP contribution is -2.41. The van der Waals surface area contributed by atoms with Gasteiger partial charge in [-0.2, -0.15) is 0 Å². The van der Waals surface area contributed by atoms with Gasteiger partial charge in [-0.1, -0.05) is 30.3 Å². The average molecular weight is 317 g/mol. The molecule has 0 radical (unpaired) electrons. The Bertz CT molecular complexity index is 555. The fraction of sp³-hybridized carbons (Fsp3) is 0.556. The lowest BCUT2D eigenvalue weighted by Gasteiger charge is -2.14. The lowest BCUT2D eigenvalue weighted by atomic mass is 10.1. The van der Waals surface area contributed by atoms with E-state index in [-0.39, 0.29) is 6.61 Å². The predicted molar refractivity (Wildman–Crippen MR) is 84.7 cm³/mol. The zero-order valence-electron chi connectivity index (χ0n) is 13.1. The van der Waals surface area contributed by atoms with Crippen LogP contribution in [0, 0.1) is 17.8 Å². The van der Waals surface area contributed by atoms with Crippen molar-refractivity contribution in [2.45, 2.75) is 44.8 Å². The summed E-state index contributed by atoms with van der Waals surface area (Å²) >= 11 is 0. The van der Waals surface area contributed by atoms with Crippen LogP contribution in [0.1, 0.15) is 37.7 Å². The number of rotatable bonds is 8. The molecule has 0 saturated heterocycles. The van der Waals surface area contributed by atoms with Gasteiger partial charge < -0.3 is 15.2 Å². The molecule has 2 fully saturated rings. The molecule has 0 heterocycles. The molecule has 0 bridgehead atoms. The van der Waals surface area contributed by atoms with Crippen LogP contribution >= 0.6 is 0 Å². The van der Waals surface area contributed by atoms with Crippen LogP contribution in [0.2, 0.25) is 0 Å². The fourth-order valence-electron chi connectivity index (χ4n) is 3.25. The van der Waals surface area contributed by atoms with E-state index in [0.717, 1.165) is 23.8 Å². The summed E-state index contributed by atoms with van der Waals surface area (Å²) in [5.74, 6) is 1.37. The number of hydrogen-bond donors (Lipinski definition) is 2. The highest BCUT2D eigenvalue weighted by molar-refractivity contribution is 5.79. The van der Waals surface area contributed by atoms with Crippen molar-refractivity contribution in [1.82, 2.24) is 5.32 Å². The first-order chi connectivity index (χ1) is 11.1. The minimum atomic E-state index is -0.995. The number of ether oxygens (including phenoxy) is 1. The summed E-state index contributed by atoms with van der Waals surface area (Å²) in [4.78, 5) is 23.1. The Balaban J connectivity index is 1.39. The Morgan fingerprint density at radius 3 is 2.65 bits per heavy atom. The quantitative estimate of drug-likeness (QED) is 0.772. The Morgan fingerprint density at radius 2 is 2.00 bits per heavy atom. The molecule has 1 aromatic rings. The van der Waals surface area contributed by atoms with E-state index in [1.165, 1.54) is 19.3 Å². The van der Waals surface area contributed by atoms with E-state index in [2.05, 4.69) is 5.32 Å². The number of benzene rings is 1. The number of hydrogen-bond acceptors (Lipinski definition) is 3. The molecule has 1 aromatic carbocycles. The molecule has 3 unspecified atom stereocenters. The first-order valence-electron chi connectivity index (χ1n) is 8.33. The van der Waals surface area contributed by atoms with E-state index in [1.807, 2.05) is 30.3 Å². The number of amides is 1. The van der Waals surface area contributed by atoms with Crippen molar-refractivity contribution >= 4 is 12.1 Å². The van der Waals surface area contributed by atoms with Crippen LogP contribution in [0.25, 0.3) is 0 Å². The Hall–Kier alpha value is -2.04. The van der Waals surface area contributed by atoms with Gasteiger partial charge in [0.05, 0.1) is 0 Å². The highest BCUT2D eigenvalue weighted by Crippen LogP contribution is 2.56. The average Bonchev–Trinajstić information content (AvgIpc) is 3.43. The normalized spacial score (nSPS) is 23.8. The molecule has 2 saturated carbocycles. The molecular formula is C18H23NO4. The first-order valence-corrected chi connectivity index (χ1v) is 8.33. The lowest BCUT2D eigenvalue weighted by molar-refractivity contribution is -0.139. The van der Waals surface area contributed by atoms with E-state index < -0.39 is 18.1 Å². The molecular weight excluding hydrogens is 294 g/mol. The minimum Gasteiger partial charge on any atom is -0.480 e. The van der Waals surface area contributed by atoms with Crippen molar-refractivity contribution in [3.8, 4) is 0 Å². The third-order valence-corrected chi connectivity index (χ3v) is 4.83. The summed E-state index contributed by atoms with van der Waals surface area (Å²) in [5.41, 5.74) is 0.875. The summed E-state index contributed by atoms with van der Waals surface area (Å²) in [6, 6.07) is 8.46. The Labute approximate surface area is 136 Å². The van der Waals surface area contributed by atoms with Crippen LogP contribution in [0.15, 0.2) is 30.3 Å². The highest BCUT2D eigenvalue weighted by atomic mass is 16.5. The van der Waals surface area contributed by atoms with Crippen LogP contribution < -0.4 is 5.32 Å². The van der Waals surface area contributed by atoms with Gasteiger partial charge in [-0.25, -0.2) is 9.59 Å². The first kappa shape index (κ1) is 15.8. The maximum atomic E-state index is 11.8. The van der Waals surface area contributed by atoms with Crippen LogP contribution in [-0.4, -0.2) is 23.2 Å². The van der Waals surface area contributed by atoms with Gasteiger partial charge in [-0.15, -0.1) is 0 Å². The van der Waals surface area contributed by atoms with E-state index in [1.54, 1.807) is 0 Å². The third-order valence-electron chi connectivity index (χ3n) is 4.83. The Morgan fingerprint density at radius 1 is 1.26 bits per heavy atom. The molecule has 2 aliphatic carbocycles. The highest BCUT2D eigenvalue weighted by Gasteiger charge is 2.47. The van der Waals surface area contributed by atoms with E-state index >= 15 is 0 Å². The fourth-order valence-corrected chi connectivity index (χ4v) is 3.25. The van der Waals surface area contributed by atoms with E-state index in [9.17, 15) is 14.7 Å². The molecule has 0 aliphatic heterocycles. The second kappa shape index (κ2) is 7.02. The van der Waals surface area contributed by atoms with Crippen molar-refractivity contribution in [3.63, 3.8) is 0 Å². The molecule has 0 spiro atoms. The minimum absolute atomic E-state index is 0.144. The van der Waals surface area contributed by atoms with Gasteiger partial charge in [0.2, 0.25) is 0 Å². The van der Waals surface area contributed by atoms with Crippen LogP contribution in [0.3, 0.4) is 0 Å². The van der Waals surface area contributed by atoms with Crippen LogP contribution in [-0.2, 0) is 16.1 Å². The van der Waals surface area contributed by atoms with E-state index in [4.69, 9.17) is 4.74 Å². The van der Waals surface area contributed by atoms with Gasteiger partial charge in [0.1, 0.15) is 12.6 Å². The zero-order chi connectivity index (χ0) is 16.2. The third kappa shape index (κ3) is 4.71. The molecule has 5 heteroatoms. The standard InChI is InChI=1S/C18H23NO4/c20-17(21)16(9-8-14-10-15(14)13-6-7-13)19-18(22)23-11-12-4-2-1-3-5-12/h1-5,13-16H,6-11H2,(H,19,22)(H,20,21). The number of aliphatic carboxylic acids is 1. The summed E-state index contributed by atoms with van der Waals surface area (Å²) in [5, 5.41) is 11.7. The molecule has 124 valence electrons. The number of alkyl carbamates (subject to hydrolysis) is 1. The van der Waals surface area contributed by atoms with Gasteiger partial charge in [-0.05, 0) is 55.4 Å². The molecule has 2 aliphatic rings. The van der Waals surface area contributed by atoms with Crippen LogP contribution in [0.5, 0.6) is 0 Å². The molecule has 3 rings (SSSR count). The smallest absolute Gasteiger partial charge is 0.408 e. The van der Waals surface area contributed by atoms with Crippen molar-refractivity contribution in [2.75, 3.05) is 0 Å². The molecule has 2 N–H and O–H groups in total. The second-order valence-corrected chi connectivity index (χ2v) is 6.67. The van der Waals surface area contributed by atoms with Crippen LogP contribution in [0.4, 0.5) is 4.79 Å². The SMILES string of the molecule is O=C(NC(CCC1CC1C1CC1)C(=O)O)OCc1ccccc1. The molecule has 1 amide bonds. The largest absolute Gasteiger partial charge is 0.480 e. The van der Waals surface area contributed by atoms with Gasteiger partial charge in [0.25, 0.3) is 0 Å². The number of carbonyl (C=O) groups is 2. The van der Waals surface area contributed by atoms with Crippen molar-refractivity contribution in [1.29, 1.82) is 0 Å². The van der Waals surface area contributed by atoms with Gasteiger partial charge in [-0.3, -0.25) is 0 Å². The summed E-state index contributed by atoms with van der Waals surface area (Å²) in [7, 11) is 0.